The summed E-state index contributed by atoms with van der Waals surface area (Å²) in [5.74, 6) is 1.55. The lowest BCUT2D eigenvalue weighted by atomic mass is 9.53. The summed E-state index contributed by atoms with van der Waals surface area (Å²) in [5, 5.41) is 20.1. The van der Waals surface area contributed by atoms with E-state index in [0.717, 1.165) is 44.2 Å². The molecule has 3 aliphatic rings. The SMILES string of the molecule is COc1ccc2c(c1O)[C@@]13C=C(CCCCCCO)CC[C@H]1[C@@H](C2)N(C)CC3. The molecule has 1 fully saturated rings. The van der Waals surface area contributed by atoms with E-state index in [1.165, 1.54) is 31.2 Å². The lowest BCUT2D eigenvalue weighted by Gasteiger charge is -2.57. The monoisotopic (exact) mass is 385 g/mol. The van der Waals surface area contributed by atoms with Gasteiger partial charge in [-0.15, -0.1) is 0 Å². The Hall–Kier alpha value is -1.52. The van der Waals surface area contributed by atoms with Crippen molar-refractivity contribution in [1.29, 1.82) is 0 Å². The highest BCUT2D eigenvalue weighted by atomic mass is 16.5. The van der Waals surface area contributed by atoms with Crippen molar-refractivity contribution in [2.24, 2.45) is 5.92 Å². The molecule has 0 unspecified atom stereocenters. The van der Waals surface area contributed by atoms with Crippen molar-refractivity contribution >= 4 is 0 Å². The van der Waals surface area contributed by atoms with Crippen molar-refractivity contribution in [3.8, 4) is 11.5 Å². The van der Waals surface area contributed by atoms with E-state index in [9.17, 15) is 5.11 Å². The van der Waals surface area contributed by atoms with Crippen LogP contribution in [0.5, 0.6) is 11.5 Å². The van der Waals surface area contributed by atoms with Crippen molar-refractivity contribution in [3.63, 3.8) is 0 Å². The molecule has 28 heavy (non-hydrogen) atoms. The zero-order valence-corrected chi connectivity index (χ0v) is 17.4. The third-order valence-electron chi connectivity index (χ3n) is 7.56. The first kappa shape index (κ1) is 19.8. The fraction of sp³-hybridized carbons (Fsp3) is 0.667. The summed E-state index contributed by atoms with van der Waals surface area (Å²) >= 11 is 0. The Labute approximate surface area is 169 Å². The van der Waals surface area contributed by atoms with Crippen LogP contribution in [0.2, 0.25) is 0 Å². The third kappa shape index (κ3) is 3.25. The highest BCUT2D eigenvalue weighted by molar-refractivity contribution is 5.58. The number of hydrogen-bond acceptors (Lipinski definition) is 4. The van der Waals surface area contributed by atoms with Crippen LogP contribution in [-0.4, -0.2) is 48.5 Å². The Kier molecular flexibility index (Phi) is 5.71. The summed E-state index contributed by atoms with van der Waals surface area (Å²) in [5.41, 5.74) is 3.98. The molecule has 4 rings (SSSR count). The first-order valence-electron chi connectivity index (χ1n) is 11.0. The normalized spacial score (nSPS) is 29.0. The Morgan fingerprint density at radius 2 is 2.04 bits per heavy atom. The number of likely N-dealkylation sites (N-methyl/N-ethyl adjacent to an activating group) is 1. The maximum absolute atomic E-state index is 11.1. The second kappa shape index (κ2) is 8.08. The molecule has 2 bridgehead atoms. The number of hydrogen-bond donors (Lipinski definition) is 2. The van der Waals surface area contributed by atoms with Crippen LogP contribution in [-0.2, 0) is 11.8 Å². The van der Waals surface area contributed by atoms with Crippen LogP contribution >= 0.6 is 0 Å². The summed E-state index contributed by atoms with van der Waals surface area (Å²) in [6, 6.07) is 4.67. The highest BCUT2D eigenvalue weighted by Gasteiger charge is 2.54. The van der Waals surface area contributed by atoms with Crippen molar-refractivity contribution < 1.29 is 14.9 Å². The first-order valence-corrected chi connectivity index (χ1v) is 11.0. The molecular weight excluding hydrogens is 350 g/mol. The van der Waals surface area contributed by atoms with Crippen LogP contribution < -0.4 is 4.74 Å². The Bertz CT molecular complexity index is 744. The van der Waals surface area contributed by atoms with E-state index in [0.29, 0.717) is 30.1 Å². The van der Waals surface area contributed by atoms with Crippen LogP contribution in [0, 0.1) is 5.92 Å². The van der Waals surface area contributed by atoms with E-state index < -0.39 is 0 Å². The van der Waals surface area contributed by atoms with Crippen LogP contribution in [0.3, 0.4) is 0 Å². The lowest BCUT2D eigenvalue weighted by molar-refractivity contribution is 0.0420. The number of phenols is 1. The van der Waals surface area contributed by atoms with E-state index >= 15 is 0 Å². The molecule has 1 aliphatic heterocycles. The largest absolute Gasteiger partial charge is 0.504 e. The molecular formula is C24H35NO3. The molecule has 2 aliphatic carbocycles. The molecule has 4 heteroatoms. The first-order chi connectivity index (χ1) is 13.6. The number of piperidine rings is 1. The molecule has 0 radical (unpaired) electrons. The number of benzene rings is 1. The van der Waals surface area contributed by atoms with Crippen LogP contribution in [0.1, 0.15) is 62.5 Å². The lowest BCUT2D eigenvalue weighted by Crippen LogP contribution is -2.59. The molecule has 1 saturated heterocycles. The number of fused-ring (bicyclic) bond motifs is 1. The van der Waals surface area contributed by atoms with Gasteiger partial charge < -0.3 is 19.8 Å². The van der Waals surface area contributed by atoms with Gasteiger partial charge in [0.15, 0.2) is 11.5 Å². The van der Waals surface area contributed by atoms with Crippen molar-refractivity contribution in [3.05, 3.63) is 34.9 Å². The molecule has 0 saturated carbocycles. The summed E-state index contributed by atoms with van der Waals surface area (Å²) in [4.78, 5) is 2.54. The van der Waals surface area contributed by atoms with E-state index in [4.69, 9.17) is 9.84 Å². The number of aromatic hydroxyl groups is 1. The minimum absolute atomic E-state index is 0.0396. The molecule has 0 aromatic heterocycles. The topological polar surface area (TPSA) is 52.9 Å². The number of phenolic OH excluding ortho intramolecular Hbond substituents is 1. The summed E-state index contributed by atoms with van der Waals surface area (Å²) in [6.45, 7) is 1.39. The van der Waals surface area contributed by atoms with Crippen LogP contribution in [0.4, 0.5) is 0 Å². The van der Waals surface area contributed by atoms with Gasteiger partial charge in [0.25, 0.3) is 0 Å². The standard InChI is InChI=1S/C24H35NO3/c1-25-13-12-24-16-17(7-5-3-4-6-14-26)8-10-19(24)20(25)15-18-9-11-21(28-2)23(27)22(18)24/h9,11,16,19-20,26-27H,3-8,10,12-15H2,1-2H3/t19-,20+,24-/m0/s1. The van der Waals surface area contributed by atoms with Crippen molar-refractivity contribution in [1.82, 2.24) is 4.90 Å². The van der Waals surface area contributed by atoms with Gasteiger partial charge in [-0.25, -0.2) is 0 Å². The van der Waals surface area contributed by atoms with Gasteiger partial charge in [-0.1, -0.05) is 30.6 Å². The van der Waals surface area contributed by atoms with E-state index in [1.807, 2.05) is 6.07 Å². The van der Waals surface area contributed by atoms with Gasteiger partial charge in [0.1, 0.15) is 0 Å². The van der Waals surface area contributed by atoms with Gasteiger partial charge in [0, 0.05) is 23.6 Å². The van der Waals surface area contributed by atoms with Crippen LogP contribution in [0.15, 0.2) is 23.8 Å². The molecule has 3 atom stereocenters. The van der Waals surface area contributed by atoms with Gasteiger partial charge in [0.2, 0.25) is 0 Å². The predicted octanol–water partition coefficient (Wildman–Crippen LogP) is 4.18. The summed E-state index contributed by atoms with van der Waals surface area (Å²) in [6.07, 6.45) is 12.6. The summed E-state index contributed by atoms with van der Waals surface area (Å²) < 4.78 is 5.47. The maximum Gasteiger partial charge on any atom is 0.162 e. The number of ether oxygens (including phenoxy) is 1. The predicted molar refractivity (Wildman–Crippen MR) is 112 cm³/mol. The minimum atomic E-state index is -0.0396. The molecule has 1 aromatic rings. The number of methoxy groups -OCH3 is 1. The number of likely N-dealkylation sites (tertiary alicyclic amines) is 1. The molecule has 0 amide bonds. The number of aliphatic hydroxyl groups excluding tert-OH is 1. The van der Waals surface area contributed by atoms with Gasteiger partial charge in [-0.2, -0.15) is 0 Å². The molecule has 1 aromatic carbocycles. The minimum Gasteiger partial charge on any atom is -0.504 e. The van der Waals surface area contributed by atoms with E-state index in [2.05, 4.69) is 24.1 Å². The average molecular weight is 386 g/mol. The van der Waals surface area contributed by atoms with Gasteiger partial charge in [-0.3, -0.25) is 0 Å². The zero-order chi connectivity index (χ0) is 19.7. The summed E-state index contributed by atoms with van der Waals surface area (Å²) in [7, 11) is 3.91. The quantitative estimate of drug-likeness (QED) is 0.546. The number of rotatable bonds is 7. The second-order valence-corrected chi connectivity index (χ2v) is 9.03. The second-order valence-electron chi connectivity index (χ2n) is 9.03. The fourth-order valence-electron chi connectivity index (χ4n) is 6.16. The van der Waals surface area contributed by atoms with Gasteiger partial charge >= 0.3 is 0 Å². The molecule has 2 N–H and O–H groups in total. The van der Waals surface area contributed by atoms with Crippen LogP contribution in [0.25, 0.3) is 0 Å². The Balaban J connectivity index is 1.69. The maximum atomic E-state index is 11.1. The molecule has 154 valence electrons. The van der Waals surface area contributed by atoms with Gasteiger partial charge in [-0.05, 0) is 76.1 Å². The highest BCUT2D eigenvalue weighted by Crippen LogP contribution is 2.58. The van der Waals surface area contributed by atoms with Crippen molar-refractivity contribution in [2.45, 2.75) is 69.2 Å². The Morgan fingerprint density at radius 1 is 1.21 bits per heavy atom. The van der Waals surface area contributed by atoms with Crippen molar-refractivity contribution in [2.75, 3.05) is 27.3 Å². The zero-order valence-electron chi connectivity index (χ0n) is 17.4. The van der Waals surface area contributed by atoms with E-state index in [-0.39, 0.29) is 5.41 Å². The van der Waals surface area contributed by atoms with Gasteiger partial charge in [0.05, 0.1) is 7.11 Å². The molecule has 1 heterocycles. The number of allylic oxidation sites excluding steroid dienone is 2. The van der Waals surface area contributed by atoms with E-state index in [1.54, 1.807) is 12.7 Å². The Morgan fingerprint density at radius 3 is 2.82 bits per heavy atom. The molecule has 4 nitrogen and oxygen atoms in total. The third-order valence-corrected chi connectivity index (χ3v) is 7.56. The number of nitrogens with zero attached hydrogens (tertiary/aromatic N) is 1. The molecule has 0 spiro atoms. The number of aliphatic hydroxyl groups is 1. The fourth-order valence-corrected chi connectivity index (χ4v) is 6.16. The number of unbranched alkanes of at least 4 members (excludes halogenated alkanes) is 3. The average Bonchev–Trinajstić information content (AvgIpc) is 2.70. The smallest absolute Gasteiger partial charge is 0.162 e.